The molecule has 2 aromatic rings. The summed E-state index contributed by atoms with van der Waals surface area (Å²) in [4.78, 5) is 16.6. The normalized spacial score (nSPS) is 15.6. The molecule has 2 aromatic heterocycles. The Morgan fingerprint density at radius 2 is 2.24 bits per heavy atom. The first kappa shape index (κ1) is 15.7. The van der Waals surface area contributed by atoms with E-state index in [1.807, 2.05) is 6.92 Å². The fourth-order valence-electron chi connectivity index (χ4n) is 2.39. The Morgan fingerprint density at radius 3 is 2.90 bits per heavy atom. The number of nitrogens with one attached hydrogen (secondary N) is 1. The molecule has 1 fully saturated rings. The minimum Gasteiger partial charge on any atom is -0.350 e. The van der Waals surface area contributed by atoms with Gasteiger partial charge in [0.25, 0.3) is 11.6 Å². The quantitative estimate of drug-likeness (QED) is 0.897. The van der Waals surface area contributed by atoms with Crippen molar-refractivity contribution >= 4 is 29.4 Å². The highest BCUT2D eigenvalue weighted by molar-refractivity contribution is 6.06. The van der Waals surface area contributed by atoms with Crippen molar-refractivity contribution < 1.29 is 9.32 Å². The van der Waals surface area contributed by atoms with E-state index in [-0.39, 0.29) is 24.4 Å². The number of hydrogen-bond donors (Lipinski definition) is 2. The number of rotatable bonds is 4. The van der Waals surface area contributed by atoms with E-state index >= 15 is 0 Å². The first-order valence-corrected chi connectivity index (χ1v) is 6.83. The number of nitrogens with two attached hydrogens (primary N) is 1. The van der Waals surface area contributed by atoms with Crippen molar-refractivity contribution in [2.75, 3.05) is 6.54 Å². The summed E-state index contributed by atoms with van der Waals surface area (Å²) in [5, 5.41) is 7.44. The minimum atomic E-state index is -0.150. The fraction of sp³-hybridized carbons (Fsp3) is 0.500. The van der Waals surface area contributed by atoms with Gasteiger partial charge in [-0.25, -0.2) is 4.98 Å². The Bertz CT molecular complexity index is 666. The topological polar surface area (TPSA) is 94.0 Å². The number of aryl methyl sites for hydroxylation is 2. The van der Waals surface area contributed by atoms with Gasteiger partial charge in [-0.2, -0.15) is 0 Å². The Morgan fingerprint density at radius 1 is 1.52 bits per heavy atom. The van der Waals surface area contributed by atoms with Gasteiger partial charge in [0, 0.05) is 18.3 Å². The highest BCUT2D eigenvalue weighted by atomic mass is 35.5. The number of nitrogens with zero attached hydrogens (tertiary/aromatic N) is 2. The molecule has 3 N–H and O–H groups in total. The molecule has 21 heavy (non-hydrogen) atoms. The van der Waals surface area contributed by atoms with Gasteiger partial charge >= 0.3 is 0 Å². The maximum absolute atomic E-state index is 12.3. The first-order chi connectivity index (χ1) is 9.56. The molecule has 1 unspecified atom stereocenters. The molecule has 0 bridgehead atoms. The van der Waals surface area contributed by atoms with E-state index in [2.05, 4.69) is 15.5 Å². The number of amides is 1. The molecule has 0 radical (unpaired) electrons. The van der Waals surface area contributed by atoms with Crippen LogP contribution in [0.15, 0.2) is 10.6 Å². The fourth-order valence-corrected chi connectivity index (χ4v) is 2.39. The van der Waals surface area contributed by atoms with Gasteiger partial charge in [-0.1, -0.05) is 5.16 Å². The van der Waals surface area contributed by atoms with E-state index in [0.717, 1.165) is 5.69 Å². The molecule has 114 valence electrons. The lowest BCUT2D eigenvalue weighted by Crippen LogP contribution is -2.38. The summed E-state index contributed by atoms with van der Waals surface area (Å²) in [7, 11) is 0. The van der Waals surface area contributed by atoms with E-state index in [9.17, 15) is 4.79 Å². The smallest absolute Gasteiger partial charge is 0.258 e. The van der Waals surface area contributed by atoms with Crippen LogP contribution >= 0.6 is 12.4 Å². The minimum absolute atomic E-state index is 0. The summed E-state index contributed by atoms with van der Waals surface area (Å²) in [6, 6.07) is 1.80. The SMILES string of the molecule is Cc1cc(C(=O)NCC(N)C2CC2)c2c(C)noc2n1.Cl. The highest BCUT2D eigenvalue weighted by Gasteiger charge is 2.28. The molecule has 3 rings (SSSR count). The van der Waals surface area contributed by atoms with Gasteiger partial charge in [0.05, 0.1) is 16.6 Å². The summed E-state index contributed by atoms with van der Waals surface area (Å²) in [6.07, 6.45) is 2.33. The van der Waals surface area contributed by atoms with Crippen LogP contribution in [0.4, 0.5) is 0 Å². The number of pyridine rings is 1. The van der Waals surface area contributed by atoms with Crippen LogP contribution in [0.2, 0.25) is 0 Å². The third kappa shape index (κ3) is 3.16. The third-order valence-corrected chi connectivity index (χ3v) is 3.72. The highest BCUT2D eigenvalue weighted by Crippen LogP contribution is 2.31. The van der Waals surface area contributed by atoms with Crippen LogP contribution in [0, 0.1) is 19.8 Å². The predicted molar refractivity (Wildman–Crippen MR) is 81.6 cm³/mol. The van der Waals surface area contributed by atoms with Gasteiger partial charge in [-0.15, -0.1) is 12.4 Å². The average Bonchev–Trinajstić information content (AvgIpc) is 3.20. The molecule has 7 heteroatoms. The third-order valence-electron chi connectivity index (χ3n) is 3.72. The Hall–Kier alpha value is -1.66. The van der Waals surface area contributed by atoms with E-state index < -0.39 is 0 Å². The summed E-state index contributed by atoms with van der Waals surface area (Å²) >= 11 is 0. The molecule has 1 aliphatic rings. The molecular weight excluding hydrogens is 292 g/mol. The number of halogens is 1. The number of carbonyl (C=O) groups excluding carboxylic acids is 1. The van der Waals surface area contributed by atoms with Crippen LogP contribution in [0.3, 0.4) is 0 Å². The van der Waals surface area contributed by atoms with Crippen LogP contribution in [-0.4, -0.2) is 28.6 Å². The predicted octanol–water partition coefficient (Wildman–Crippen LogP) is 1.73. The van der Waals surface area contributed by atoms with Crippen molar-refractivity contribution in [3.63, 3.8) is 0 Å². The molecule has 1 amide bonds. The van der Waals surface area contributed by atoms with Gasteiger partial charge in [0.15, 0.2) is 0 Å². The van der Waals surface area contributed by atoms with E-state index in [4.69, 9.17) is 10.3 Å². The molecule has 0 saturated heterocycles. The van der Waals surface area contributed by atoms with Crippen molar-refractivity contribution in [3.05, 3.63) is 23.0 Å². The zero-order valence-corrected chi connectivity index (χ0v) is 12.9. The van der Waals surface area contributed by atoms with Gasteiger partial charge < -0.3 is 15.6 Å². The van der Waals surface area contributed by atoms with Gasteiger partial charge in [-0.05, 0) is 38.7 Å². The lowest BCUT2D eigenvalue weighted by molar-refractivity contribution is 0.0951. The number of hydrogen-bond acceptors (Lipinski definition) is 5. The maximum atomic E-state index is 12.3. The monoisotopic (exact) mass is 310 g/mol. The maximum Gasteiger partial charge on any atom is 0.258 e. The van der Waals surface area contributed by atoms with Gasteiger partial charge in [-0.3, -0.25) is 4.79 Å². The molecule has 0 spiro atoms. The van der Waals surface area contributed by atoms with Crippen molar-refractivity contribution in [3.8, 4) is 0 Å². The molecule has 2 heterocycles. The zero-order chi connectivity index (χ0) is 14.3. The number of carbonyl (C=O) groups is 1. The van der Waals surface area contributed by atoms with Crippen molar-refractivity contribution in [1.29, 1.82) is 0 Å². The molecule has 6 nitrogen and oxygen atoms in total. The van der Waals surface area contributed by atoms with E-state index in [1.54, 1.807) is 13.0 Å². The molecule has 0 aromatic carbocycles. The second kappa shape index (κ2) is 5.99. The van der Waals surface area contributed by atoms with E-state index in [0.29, 0.717) is 34.8 Å². The van der Waals surface area contributed by atoms with Crippen molar-refractivity contribution in [1.82, 2.24) is 15.5 Å². The average molecular weight is 311 g/mol. The van der Waals surface area contributed by atoms with Gasteiger partial charge in [0.1, 0.15) is 0 Å². The number of fused-ring (bicyclic) bond motifs is 1. The number of aromatic nitrogens is 2. The Kier molecular flexibility index (Phi) is 4.49. The Labute approximate surface area is 128 Å². The molecule has 1 atom stereocenters. The lowest BCUT2D eigenvalue weighted by Gasteiger charge is -2.12. The first-order valence-electron chi connectivity index (χ1n) is 6.83. The molecular formula is C14H19ClN4O2. The molecule has 1 saturated carbocycles. The molecule has 1 aliphatic carbocycles. The second-order valence-electron chi connectivity index (χ2n) is 5.47. The second-order valence-corrected chi connectivity index (χ2v) is 5.47. The van der Waals surface area contributed by atoms with Gasteiger partial charge in [0.2, 0.25) is 0 Å². The van der Waals surface area contributed by atoms with Crippen molar-refractivity contribution in [2.45, 2.75) is 32.7 Å². The van der Waals surface area contributed by atoms with Crippen LogP contribution in [0.5, 0.6) is 0 Å². The molecule has 0 aliphatic heterocycles. The van der Waals surface area contributed by atoms with Crippen LogP contribution in [0.1, 0.15) is 34.6 Å². The van der Waals surface area contributed by atoms with E-state index in [1.165, 1.54) is 12.8 Å². The largest absolute Gasteiger partial charge is 0.350 e. The van der Waals surface area contributed by atoms with Crippen LogP contribution < -0.4 is 11.1 Å². The van der Waals surface area contributed by atoms with Crippen LogP contribution in [0.25, 0.3) is 11.1 Å². The summed E-state index contributed by atoms with van der Waals surface area (Å²) in [5.41, 5.74) is 8.35. The zero-order valence-electron chi connectivity index (χ0n) is 12.0. The standard InChI is InChI=1S/C14H18N4O2.ClH/c1-7-5-10(12-8(2)18-20-14(12)17-7)13(19)16-6-11(15)9-3-4-9;/h5,9,11H,3-4,6,15H2,1-2H3,(H,16,19);1H. The summed E-state index contributed by atoms with van der Waals surface area (Å²) in [6.45, 7) is 4.12. The van der Waals surface area contributed by atoms with Crippen LogP contribution in [-0.2, 0) is 0 Å². The lowest BCUT2D eigenvalue weighted by atomic mass is 10.1. The summed E-state index contributed by atoms with van der Waals surface area (Å²) in [5.74, 6) is 0.412. The van der Waals surface area contributed by atoms with Crippen molar-refractivity contribution in [2.24, 2.45) is 11.7 Å². The summed E-state index contributed by atoms with van der Waals surface area (Å²) < 4.78 is 5.13. The Balaban J connectivity index is 0.00000161.